The molecule has 2 aromatic carbocycles. The molecule has 3 aromatic rings. The number of carbonyl (C=O) groups excluding carboxylic acids is 1. The molecule has 0 fully saturated rings. The number of thiazole rings is 1. The lowest BCUT2D eigenvalue weighted by molar-refractivity contribution is 0.102. The molecule has 130 valence electrons. The van der Waals surface area contributed by atoms with Crippen LogP contribution in [-0.4, -0.2) is 25.1 Å². The van der Waals surface area contributed by atoms with Gasteiger partial charge in [-0.2, -0.15) is 0 Å². The molecule has 0 unspecified atom stereocenters. The van der Waals surface area contributed by atoms with Crippen molar-refractivity contribution in [2.75, 3.05) is 19.5 Å². The molecule has 1 amide bonds. The summed E-state index contributed by atoms with van der Waals surface area (Å²) >= 11 is 1.45. The number of nitrogens with one attached hydrogen (secondary N) is 1. The SMILES string of the molecule is COc1cccc(OC)c1C(=O)Nc1nc2ccc(C(C)C)cc2s1. The Balaban J connectivity index is 1.92. The quantitative estimate of drug-likeness (QED) is 0.720. The van der Waals surface area contributed by atoms with Gasteiger partial charge >= 0.3 is 0 Å². The van der Waals surface area contributed by atoms with Crippen molar-refractivity contribution in [3.63, 3.8) is 0 Å². The third-order valence-electron chi connectivity index (χ3n) is 3.95. The van der Waals surface area contributed by atoms with Crippen LogP contribution in [0.25, 0.3) is 10.2 Å². The average molecular weight is 356 g/mol. The maximum Gasteiger partial charge on any atom is 0.265 e. The summed E-state index contributed by atoms with van der Waals surface area (Å²) in [6, 6.07) is 11.4. The van der Waals surface area contributed by atoms with Crippen molar-refractivity contribution in [2.45, 2.75) is 19.8 Å². The average Bonchev–Trinajstić information content (AvgIpc) is 3.01. The van der Waals surface area contributed by atoms with Gasteiger partial charge in [0.05, 0.1) is 24.4 Å². The zero-order valence-corrected chi connectivity index (χ0v) is 15.4. The van der Waals surface area contributed by atoms with E-state index in [0.717, 1.165) is 10.2 Å². The van der Waals surface area contributed by atoms with E-state index in [-0.39, 0.29) is 5.91 Å². The molecule has 0 aliphatic heterocycles. The zero-order valence-electron chi connectivity index (χ0n) is 14.6. The number of benzene rings is 2. The Labute approximate surface area is 150 Å². The lowest BCUT2D eigenvalue weighted by Crippen LogP contribution is -2.14. The van der Waals surface area contributed by atoms with E-state index >= 15 is 0 Å². The standard InChI is InChI=1S/C19H20N2O3S/c1-11(2)12-8-9-13-16(10-12)25-19(20-13)21-18(22)17-14(23-3)6-5-7-15(17)24-4/h5-11H,1-4H3,(H,20,21,22). The number of aromatic nitrogens is 1. The predicted octanol–water partition coefficient (Wildman–Crippen LogP) is 4.69. The molecule has 0 radical (unpaired) electrons. The summed E-state index contributed by atoms with van der Waals surface area (Å²) in [5.74, 6) is 1.06. The highest BCUT2D eigenvalue weighted by Crippen LogP contribution is 2.32. The van der Waals surface area contributed by atoms with E-state index in [1.165, 1.54) is 31.1 Å². The normalized spacial score (nSPS) is 10.9. The van der Waals surface area contributed by atoms with Crippen LogP contribution in [0.15, 0.2) is 36.4 Å². The highest BCUT2D eigenvalue weighted by molar-refractivity contribution is 7.22. The summed E-state index contributed by atoms with van der Waals surface area (Å²) in [4.78, 5) is 17.2. The second kappa shape index (κ2) is 7.11. The zero-order chi connectivity index (χ0) is 18.0. The van der Waals surface area contributed by atoms with E-state index in [4.69, 9.17) is 9.47 Å². The van der Waals surface area contributed by atoms with E-state index in [2.05, 4.69) is 36.3 Å². The highest BCUT2D eigenvalue weighted by atomic mass is 32.1. The number of methoxy groups -OCH3 is 2. The van der Waals surface area contributed by atoms with Gasteiger partial charge in [0.2, 0.25) is 0 Å². The lowest BCUT2D eigenvalue weighted by atomic mass is 10.0. The van der Waals surface area contributed by atoms with Crippen LogP contribution < -0.4 is 14.8 Å². The summed E-state index contributed by atoms with van der Waals surface area (Å²) in [5.41, 5.74) is 2.48. The number of anilines is 1. The molecule has 1 aromatic heterocycles. The van der Waals surface area contributed by atoms with Crippen LogP contribution in [-0.2, 0) is 0 Å². The summed E-state index contributed by atoms with van der Waals surface area (Å²) in [6.07, 6.45) is 0. The summed E-state index contributed by atoms with van der Waals surface area (Å²) in [6.45, 7) is 4.30. The number of fused-ring (bicyclic) bond motifs is 1. The second-order valence-electron chi connectivity index (χ2n) is 5.89. The lowest BCUT2D eigenvalue weighted by Gasteiger charge is -2.11. The Morgan fingerprint density at radius 1 is 1.12 bits per heavy atom. The Kier molecular flexibility index (Phi) is 4.90. The molecule has 0 aliphatic rings. The fraction of sp³-hybridized carbons (Fsp3) is 0.263. The number of amides is 1. The monoisotopic (exact) mass is 356 g/mol. The minimum absolute atomic E-state index is 0.308. The van der Waals surface area contributed by atoms with Gasteiger partial charge in [-0.15, -0.1) is 0 Å². The van der Waals surface area contributed by atoms with Crippen molar-refractivity contribution >= 4 is 32.6 Å². The first-order valence-electron chi connectivity index (χ1n) is 7.96. The van der Waals surface area contributed by atoms with Crippen LogP contribution in [0, 0.1) is 0 Å². The maximum atomic E-state index is 12.7. The van der Waals surface area contributed by atoms with Gasteiger partial charge in [0.1, 0.15) is 17.1 Å². The first-order valence-corrected chi connectivity index (χ1v) is 8.78. The highest BCUT2D eigenvalue weighted by Gasteiger charge is 2.19. The molecule has 25 heavy (non-hydrogen) atoms. The van der Waals surface area contributed by atoms with E-state index in [0.29, 0.717) is 28.1 Å². The molecule has 1 N–H and O–H groups in total. The van der Waals surface area contributed by atoms with Crippen molar-refractivity contribution in [1.29, 1.82) is 0 Å². The third kappa shape index (κ3) is 3.44. The van der Waals surface area contributed by atoms with E-state index in [1.54, 1.807) is 18.2 Å². The van der Waals surface area contributed by atoms with Gasteiger partial charge in [-0.3, -0.25) is 10.1 Å². The van der Waals surface area contributed by atoms with Gasteiger partial charge in [0.15, 0.2) is 5.13 Å². The van der Waals surface area contributed by atoms with Crippen LogP contribution in [0.2, 0.25) is 0 Å². The molecule has 0 aliphatic carbocycles. The largest absolute Gasteiger partial charge is 0.496 e. The van der Waals surface area contributed by atoms with E-state index in [9.17, 15) is 4.79 Å². The summed E-state index contributed by atoms with van der Waals surface area (Å²) < 4.78 is 11.6. The van der Waals surface area contributed by atoms with Crippen LogP contribution in [0.5, 0.6) is 11.5 Å². The molecule has 5 nitrogen and oxygen atoms in total. The molecular weight excluding hydrogens is 336 g/mol. The maximum absolute atomic E-state index is 12.7. The summed E-state index contributed by atoms with van der Waals surface area (Å²) in [7, 11) is 3.05. The number of rotatable bonds is 5. The number of ether oxygens (including phenoxy) is 2. The Morgan fingerprint density at radius 3 is 2.40 bits per heavy atom. The van der Waals surface area contributed by atoms with Crippen molar-refractivity contribution in [1.82, 2.24) is 4.98 Å². The molecule has 0 atom stereocenters. The van der Waals surface area contributed by atoms with Gasteiger partial charge in [-0.1, -0.05) is 37.3 Å². The first kappa shape index (κ1) is 17.2. The molecule has 6 heteroatoms. The van der Waals surface area contributed by atoms with Crippen molar-refractivity contribution in [3.8, 4) is 11.5 Å². The molecule has 1 heterocycles. The molecule has 0 saturated carbocycles. The molecule has 3 rings (SSSR count). The summed E-state index contributed by atoms with van der Waals surface area (Å²) in [5, 5.41) is 3.40. The van der Waals surface area contributed by atoms with E-state index in [1.807, 2.05) is 6.07 Å². The van der Waals surface area contributed by atoms with Gasteiger partial charge in [0.25, 0.3) is 5.91 Å². The minimum atomic E-state index is -0.308. The van der Waals surface area contributed by atoms with E-state index < -0.39 is 0 Å². The number of carbonyl (C=O) groups is 1. The van der Waals surface area contributed by atoms with Crippen molar-refractivity contribution < 1.29 is 14.3 Å². The molecule has 0 bridgehead atoms. The first-order chi connectivity index (χ1) is 12.0. The minimum Gasteiger partial charge on any atom is -0.496 e. The van der Waals surface area contributed by atoms with Gasteiger partial charge in [0, 0.05) is 0 Å². The van der Waals surface area contributed by atoms with Crippen LogP contribution in [0.4, 0.5) is 5.13 Å². The molecule has 0 spiro atoms. The predicted molar refractivity (Wildman–Crippen MR) is 101 cm³/mol. The number of hydrogen-bond donors (Lipinski definition) is 1. The Hall–Kier alpha value is -2.60. The van der Waals surface area contributed by atoms with Crippen molar-refractivity contribution in [3.05, 3.63) is 47.5 Å². The number of hydrogen-bond acceptors (Lipinski definition) is 5. The Bertz CT molecular complexity index is 896. The van der Waals surface area contributed by atoms with Gasteiger partial charge < -0.3 is 9.47 Å². The molecular formula is C19H20N2O3S. The Morgan fingerprint density at radius 2 is 1.80 bits per heavy atom. The smallest absolute Gasteiger partial charge is 0.265 e. The second-order valence-corrected chi connectivity index (χ2v) is 6.92. The van der Waals surface area contributed by atoms with Gasteiger partial charge in [-0.05, 0) is 35.7 Å². The van der Waals surface area contributed by atoms with Crippen molar-refractivity contribution in [2.24, 2.45) is 0 Å². The van der Waals surface area contributed by atoms with Crippen LogP contribution in [0.3, 0.4) is 0 Å². The third-order valence-corrected chi connectivity index (χ3v) is 4.89. The number of nitrogens with zero attached hydrogens (tertiary/aromatic N) is 1. The van der Waals surface area contributed by atoms with Gasteiger partial charge in [-0.25, -0.2) is 4.98 Å². The fourth-order valence-corrected chi connectivity index (χ4v) is 3.50. The molecule has 0 saturated heterocycles. The fourth-order valence-electron chi connectivity index (χ4n) is 2.59. The topological polar surface area (TPSA) is 60.5 Å². The van der Waals surface area contributed by atoms with Crippen LogP contribution >= 0.6 is 11.3 Å². The van der Waals surface area contributed by atoms with Crippen LogP contribution in [0.1, 0.15) is 35.7 Å².